The fourth-order valence-corrected chi connectivity index (χ4v) is 2.97. The molecule has 1 aliphatic rings. The third kappa shape index (κ3) is 5.97. The van der Waals surface area contributed by atoms with Crippen LogP contribution in [0.1, 0.15) is 18.4 Å². The monoisotopic (exact) mass is 413 g/mol. The summed E-state index contributed by atoms with van der Waals surface area (Å²) in [5.74, 6) is -0.639. The molecule has 2 rings (SSSR count). The van der Waals surface area contributed by atoms with E-state index in [-0.39, 0.29) is 12.3 Å². The Bertz CT molecular complexity index is 666. The largest absolute Gasteiger partial charge is 0.494 e. The van der Waals surface area contributed by atoms with Crippen LogP contribution in [0.5, 0.6) is 5.75 Å². The van der Waals surface area contributed by atoms with Crippen molar-refractivity contribution in [2.75, 3.05) is 11.9 Å². The highest BCUT2D eigenvalue weighted by Gasteiger charge is 2.32. The third-order valence-electron chi connectivity index (χ3n) is 2.90. The van der Waals surface area contributed by atoms with E-state index in [1.54, 1.807) is 6.21 Å². The molecule has 1 heterocycles. The van der Waals surface area contributed by atoms with E-state index in [2.05, 4.69) is 31.4 Å². The Morgan fingerprint density at radius 3 is 3.08 bits per heavy atom. The van der Waals surface area contributed by atoms with Crippen molar-refractivity contribution < 1.29 is 19.4 Å². The Labute approximate surface area is 151 Å². The van der Waals surface area contributed by atoms with Gasteiger partial charge in [0.15, 0.2) is 5.17 Å². The summed E-state index contributed by atoms with van der Waals surface area (Å²) in [6.07, 6.45) is 2.22. The van der Waals surface area contributed by atoms with Crippen molar-refractivity contribution in [3.63, 3.8) is 0 Å². The maximum absolute atomic E-state index is 11.6. The number of thioether (sulfide) groups is 1. The maximum atomic E-state index is 11.6. The van der Waals surface area contributed by atoms with Gasteiger partial charge >= 0.3 is 5.97 Å². The molecular formula is C15H16BrN3O4S. The number of carboxylic acid groups (broad SMARTS) is 1. The highest BCUT2D eigenvalue weighted by atomic mass is 79.9. The molecule has 1 saturated heterocycles. The van der Waals surface area contributed by atoms with Crippen LogP contribution in [0.15, 0.2) is 34.5 Å². The lowest BCUT2D eigenvalue weighted by Gasteiger charge is -2.04. The van der Waals surface area contributed by atoms with Crippen molar-refractivity contribution >= 4 is 51.0 Å². The predicted molar refractivity (Wildman–Crippen MR) is 97.2 cm³/mol. The molecule has 9 heteroatoms. The molecule has 2 N–H and O–H groups in total. The zero-order valence-electron chi connectivity index (χ0n) is 12.6. The molecule has 0 radical (unpaired) electrons. The molecule has 1 amide bonds. The van der Waals surface area contributed by atoms with Gasteiger partial charge in [0.2, 0.25) is 5.91 Å². The first-order valence-electron chi connectivity index (χ1n) is 7.17. The second kappa shape index (κ2) is 9.43. The van der Waals surface area contributed by atoms with Crippen LogP contribution in [-0.4, -0.2) is 45.6 Å². The molecule has 128 valence electrons. The maximum Gasteiger partial charge on any atom is 0.305 e. The number of carbonyl (C=O) groups is 2. The molecule has 0 aromatic heterocycles. The quantitative estimate of drug-likeness (QED) is 0.294. The minimum absolute atomic E-state index is 0.243. The number of amides is 1. The first-order chi connectivity index (χ1) is 11.6. The van der Waals surface area contributed by atoms with Crippen molar-refractivity contribution in [2.45, 2.75) is 18.1 Å². The van der Waals surface area contributed by atoms with Crippen molar-refractivity contribution in [1.82, 2.24) is 5.32 Å². The molecule has 1 aliphatic heterocycles. The van der Waals surface area contributed by atoms with Crippen LogP contribution in [0.3, 0.4) is 0 Å². The molecule has 24 heavy (non-hydrogen) atoms. The second-order valence-corrected chi connectivity index (χ2v) is 6.79. The van der Waals surface area contributed by atoms with E-state index >= 15 is 0 Å². The Balaban J connectivity index is 1.93. The lowest BCUT2D eigenvalue weighted by atomic mass is 10.2. The Morgan fingerprint density at radius 2 is 2.33 bits per heavy atom. The Kier molecular flexibility index (Phi) is 7.26. The van der Waals surface area contributed by atoms with Gasteiger partial charge in [0.05, 0.1) is 19.2 Å². The summed E-state index contributed by atoms with van der Waals surface area (Å²) in [5.41, 5.74) is 0.812. The zero-order valence-corrected chi connectivity index (χ0v) is 15.0. The van der Waals surface area contributed by atoms with Gasteiger partial charge in [-0.2, -0.15) is 5.10 Å². The minimum atomic E-state index is -1.02. The van der Waals surface area contributed by atoms with E-state index < -0.39 is 11.2 Å². The van der Waals surface area contributed by atoms with E-state index in [0.717, 1.165) is 34.8 Å². The number of ether oxygens (including phenoxy) is 1. The number of amidine groups is 1. The number of hydrogen-bond acceptors (Lipinski definition) is 6. The van der Waals surface area contributed by atoms with Gasteiger partial charge in [-0.05, 0) is 24.1 Å². The fourth-order valence-electron chi connectivity index (χ4n) is 1.82. The van der Waals surface area contributed by atoms with Crippen molar-refractivity contribution in [2.24, 2.45) is 10.2 Å². The highest BCUT2D eigenvalue weighted by molar-refractivity contribution is 9.09. The van der Waals surface area contributed by atoms with Gasteiger partial charge in [0.1, 0.15) is 11.0 Å². The predicted octanol–water partition coefficient (Wildman–Crippen LogP) is 2.25. The minimum Gasteiger partial charge on any atom is -0.494 e. The number of carbonyl (C=O) groups excluding carboxylic acids is 1. The number of benzene rings is 1. The van der Waals surface area contributed by atoms with Crippen LogP contribution in [0, 0.1) is 0 Å². The van der Waals surface area contributed by atoms with E-state index in [1.807, 2.05) is 24.3 Å². The molecule has 1 aromatic rings. The molecule has 7 nitrogen and oxygen atoms in total. The van der Waals surface area contributed by atoms with Crippen LogP contribution < -0.4 is 10.1 Å². The van der Waals surface area contributed by atoms with Gasteiger partial charge in [0.25, 0.3) is 0 Å². The lowest BCUT2D eigenvalue weighted by molar-refractivity contribution is -0.138. The van der Waals surface area contributed by atoms with Crippen molar-refractivity contribution in [1.29, 1.82) is 0 Å². The van der Waals surface area contributed by atoms with Gasteiger partial charge in [0, 0.05) is 5.33 Å². The standard InChI is InChI=1S/C15H16BrN3O4S/c16-5-2-6-23-11-4-1-3-10(7-11)9-17-19-15-18-14(22)12(24-15)8-13(20)21/h1,3-4,7,9,12H,2,5-6,8H2,(H,20,21)(H,18,19,22). The fraction of sp³-hybridized carbons (Fsp3) is 0.333. The van der Waals surface area contributed by atoms with Crippen LogP contribution in [-0.2, 0) is 9.59 Å². The summed E-state index contributed by atoms with van der Waals surface area (Å²) >= 11 is 4.41. The van der Waals surface area contributed by atoms with Gasteiger partial charge in [-0.15, -0.1) is 5.10 Å². The van der Waals surface area contributed by atoms with Crippen LogP contribution >= 0.6 is 27.7 Å². The number of aliphatic carboxylic acids is 1. The number of rotatable bonds is 8. The molecule has 0 aliphatic carbocycles. The molecule has 1 unspecified atom stereocenters. The Morgan fingerprint density at radius 1 is 1.50 bits per heavy atom. The summed E-state index contributed by atoms with van der Waals surface area (Å²) in [4.78, 5) is 22.2. The molecule has 1 aromatic carbocycles. The molecule has 0 saturated carbocycles. The molecular weight excluding hydrogens is 398 g/mol. The number of nitrogens with one attached hydrogen (secondary N) is 1. The van der Waals surface area contributed by atoms with Crippen molar-refractivity contribution in [3.8, 4) is 5.75 Å². The summed E-state index contributed by atoms with van der Waals surface area (Å²) in [6, 6.07) is 7.41. The smallest absolute Gasteiger partial charge is 0.305 e. The van der Waals surface area contributed by atoms with Gasteiger partial charge < -0.3 is 15.2 Å². The van der Waals surface area contributed by atoms with E-state index in [0.29, 0.717) is 11.8 Å². The summed E-state index contributed by atoms with van der Waals surface area (Å²) in [7, 11) is 0. The number of nitrogens with zero attached hydrogens (tertiary/aromatic N) is 2. The first kappa shape index (κ1) is 18.5. The van der Waals surface area contributed by atoms with Gasteiger partial charge in [-0.3, -0.25) is 9.59 Å². The average Bonchev–Trinajstić information content (AvgIpc) is 2.87. The number of alkyl halides is 1. The van der Waals surface area contributed by atoms with Crippen LogP contribution in [0.4, 0.5) is 0 Å². The summed E-state index contributed by atoms with van der Waals surface area (Å²) in [5, 5.41) is 19.6. The molecule has 1 atom stereocenters. The van der Waals surface area contributed by atoms with Crippen LogP contribution in [0.2, 0.25) is 0 Å². The zero-order chi connectivity index (χ0) is 17.4. The Hall–Kier alpha value is -1.87. The third-order valence-corrected chi connectivity index (χ3v) is 4.53. The van der Waals surface area contributed by atoms with E-state index in [1.165, 1.54) is 0 Å². The highest BCUT2D eigenvalue weighted by Crippen LogP contribution is 2.22. The summed E-state index contributed by atoms with van der Waals surface area (Å²) in [6.45, 7) is 0.627. The SMILES string of the molecule is O=C(O)CC1SC(=NN=Cc2cccc(OCCCBr)c2)NC1=O. The average molecular weight is 414 g/mol. The number of carboxylic acids is 1. The van der Waals surface area contributed by atoms with E-state index in [4.69, 9.17) is 9.84 Å². The van der Waals surface area contributed by atoms with Gasteiger partial charge in [-0.25, -0.2) is 0 Å². The second-order valence-electron chi connectivity index (χ2n) is 4.81. The lowest BCUT2D eigenvalue weighted by Crippen LogP contribution is -2.26. The first-order valence-corrected chi connectivity index (χ1v) is 9.18. The normalized spacial score (nSPS) is 19.0. The molecule has 0 bridgehead atoms. The van der Waals surface area contributed by atoms with Crippen LogP contribution in [0.25, 0.3) is 0 Å². The molecule has 0 spiro atoms. The summed E-state index contributed by atoms with van der Waals surface area (Å²) < 4.78 is 5.59. The topological polar surface area (TPSA) is 100 Å². The van der Waals surface area contributed by atoms with Crippen molar-refractivity contribution in [3.05, 3.63) is 29.8 Å². The number of hydrogen-bond donors (Lipinski definition) is 2. The number of halogens is 1. The van der Waals surface area contributed by atoms with E-state index in [9.17, 15) is 9.59 Å². The van der Waals surface area contributed by atoms with Gasteiger partial charge in [-0.1, -0.05) is 39.8 Å². The molecule has 1 fully saturated rings.